The predicted octanol–water partition coefficient (Wildman–Crippen LogP) is 5.27. The third-order valence-electron chi connectivity index (χ3n) is 5.60. The Bertz CT molecular complexity index is 1240. The molecule has 10 heteroatoms. The molecule has 0 N–H and O–H groups in total. The van der Waals surface area contributed by atoms with Crippen molar-refractivity contribution in [3.8, 4) is 17.4 Å². The number of hydrogen-bond donors (Lipinski definition) is 0. The number of ether oxygens (including phenoxy) is 2. The normalized spacial score (nSPS) is 15.5. The first kappa shape index (κ1) is 21.6. The summed E-state index contributed by atoms with van der Waals surface area (Å²) < 4.78 is 52.0. The molecule has 1 aliphatic carbocycles. The Labute approximate surface area is 192 Å². The van der Waals surface area contributed by atoms with Crippen LogP contribution in [0.4, 0.5) is 19.0 Å². The van der Waals surface area contributed by atoms with E-state index >= 15 is 0 Å². The molecule has 0 radical (unpaired) electrons. The zero-order valence-corrected chi connectivity index (χ0v) is 18.1. The van der Waals surface area contributed by atoms with Crippen LogP contribution in [0.3, 0.4) is 0 Å². The molecule has 1 aromatic heterocycles. The lowest BCUT2D eigenvalue weighted by Crippen LogP contribution is -2.24. The van der Waals surface area contributed by atoms with Crippen LogP contribution in [0.5, 0.6) is 17.4 Å². The smallest absolute Gasteiger partial charge is 0.417 e. The minimum atomic E-state index is -4.57. The van der Waals surface area contributed by atoms with Gasteiger partial charge < -0.3 is 14.4 Å². The van der Waals surface area contributed by atoms with E-state index < -0.39 is 11.7 Å². The van der Waals surface area contributed by atoms with Crippen molar-refractivity contribution in [3.05, 3.63) is 75.2 Å². The third kappa shape index (κ3) is 4.64. The SMILES string of the molecule is O=c1nc(OCc2ccc(Oc3ccc(Cl)c(C(F)(F)F)c3)cc2)cc2n1CCN2C1CC1. The van der Waals surface area contributed by atoms with Crippen molar-refractivity contribution in [2.24, 2.45) is 0 Å². The summed E-state index contributed by atoms with van der Waals surface area (Å²) in [6, 6.07) is 12.4. The Kier molecular flexibility index (Phi) is 5.44. The first-order valence-corrected chi connectivity index (χ1v) is 10.8. The van der Waals surface area contributed by atoms with Crippen molar-refractivity contribution in [2.75, 3.05) is 11.4 Å². The van der Waals surface area contributed by atoms with Gasteiger partial charge in [-0.3, -0.25) is 4.57 Å². The van der Waals surface area contributed by atoms with Gasteiger partial charge in [-0.2, -0.15) is 18.2 Å². The van der Waals surface area contributed by atoms with Gasteiger partial charge in [-0.1, -0.05) is 23.7 Å². The van der Waals surface area contributed by atoms with Gasteiger partial charge in [-0.15, -0.1) is 0 Å². The monoisotopic (exact) mass is 477 g/mol. The molecular weight excluding hydrogens is 459 g/mol. The number of benzene rings is 2. The van der Waals surface area contributed by atoms with Crippen LogP contribution in [0.15, 0.2) is 53.3 Å². The fourth-order valence-electron chi connectivity index (χ4n) is 3.81. The van der Waals surface area contributed by atoms with Crippen LogP contribution in [0.25, 0.3) is 0 Å². The number of alkyl halides is 3. The second-order valence-corrected chi connectivity index (χ2v) is 8.39. The van der Waals surface area contributed by atoms with Crippen LogP contribution < -0.4 is 20.1 Å². The fourth-order valence-corrected chi connectivity index (χ4v) is 4.03. The van der Waals surface area contributed by atoms with Crippen molar-refractivity contribution >= 4 is 17.4 Å². The standard InChI is InChI=1S/C23H19ClF3N3O3/c24-19-8-7-17(11-18(19)23(25,26)27)33-16-5-1-14(2-6-16)13-32-20-12-21-29(15-3-4-15)9-10-30(21)22(31)28-20/h1-2,5-8,11-12,15H,3-4,9-10,13H2. The zero-order valence-electron chi connectivity index (χ0n) is 17.3. The molecule has 2 aromatic carbocycles. The maximum atomic E-state index is 13.0. The van der Waals surface area contributed by atoms with Crippen LogP contribution >= 0.6 is 11.6 Å². The van der Waals surface area contributed by atoms with Crippen molar-refractivity contribution in [1.29, 1.82) is 0 Å². The zero-order chi connectivity index (χ0) is 23.2. The van der Waals surface area contributed by atoms with Gasteiger partial charge in [0.05, 0.1) is 10.6 Å². The molecule has 1 aliphatic heterocycles. The molecule has 2 aliphatic rings. The van der Waals surface area contributed by atoms with Gasteiger partial charge in [0.15, 0.2) is 0 Å². The average molecular weight is 478 g/mol. The van der Waals surface area contributed by atoms with E-state index in [9.17, 15) is 18.0 Å². The summed E-state index contributed by atoms with van der Waals surface area (Å²) in [5.41, 5.74) is -0.490. The minimum Gasteiger partial charge on any atom is -0.473 e. The van der Waals surface area contributed by atoms with Gasteiger partial charge >= 0.3 is 11.9 Å². The van der Waals surface area contributed by atoms with E-state index in [-0.39, 0.29) is 28.9 Å². The first-order chi connectivity index (χ1) is 15.8. The van der Waals surface area contributed by atoms with Gasteiger partial charge in [0.2, 0.25) is 5.88 Å². The lowest BCUT2D eigenvalue weighted by atomic mass is 10.2. The van der Waals surface area contributed by atoms with Gasteiger partial charge in [-0.25, -0.2) is 4.79 Å². The van der Waals surface area contributed by atoms with Gasteiger partial charge in [-0.05, 0) is 48.7 Å². The summed E-state index contributed by atoms with van der Waals surface area (Å²) in [7, 11) is 0. The van der Waals surface area contributed by atoms with E-state index in [1.165, 1.54) is 6.07 Å². The highest BCUT2D eigenvalue weighted by Crippen LogP contribution is 2.38. The summed E-state index contributed by atoms with van der Waals surface area (Å²) in [6.07, 6.45) is -2.30. The average Bonchev–Trinajstić information content (AvgIpc) is 3.53. The van der Waals surface area contributed by atoms with Crippen LogP contribution in [0.2, 0.25) is 5.02 Å². The number of halogens is 4. The molecule has 0 bridgehead atoms. The van der Waals surface area contributed by atoms with E-state index in [2.05, 4.69) is 9.88 Å². The largest absolute Gasteiger partial charge is 0.473 e. The first-order valence-electron chi connectivity index (χ1n) is 10.4. The van der Waals surface area contributed by atoms with Gasteiger partial charge in [0.1, 0.15) is 23.9 Å². The number of hydrogen-bond acceptors (Lipinski definition) is 5. The molecule has 1 fully saturated rings. The molecule has 2 heterocycles. The summed E-state index contributed by atoms with van der Waals surface area (Å²) in [5.74, 6) is 1.50. The molecule has 0 atom stereocenters. The maximum absolute atomic E-state index is 13.0. The van der Waals surface area contributed by atoms with Crippen molar-refractivity contribution < 1.29 is 22.6 Å². The summed E-state index contributed by atoms with van der Waals surface area (Å²) in [6.45, 7) is 1.63. The maximum Gasteiger partial charge on any atom is 0.417 e. The lowest BCUT2D eigenvalue weighted by Gasteiger charge is -2.17. The fraction of sp³-hybridized carbons (Fsp3) is 0.304. The number of aromatic nitrogens is 2. The summed E-state index contributed by atoms with van der Waals surface area (Å²) in [4.78, 5) is 18.5. The van der Waals surface area contributed by atoms with E-state index in [1.54, 1.807) is 34.9 Å². The van der Waals surface area contributed by atoms with E-state index in [4.69, 9.17) is 21.1 Å². The molecule has 0 saturated heterocycles. The lowest BCUT2D eigenvalue weighted by molar-refractivity contribution is -0.137. The predicted molar refractivity (Wildman–Crippen MR) is 116 cm³/mol. The molecule has 1 saturated carbocycles. The summed E-state index contributed by atoms with van der Waals surface area (Å²) >= 11 is 5.64. The molecule has 3 aromatic rings. The van der Waals surface area contributed by atoms with Gasteiger partial charge in [0, 0.05) is 25.2 Å². The minimum absolute atomic E-state index is 0.0266. The topological polar surface area (TPSA) is 56.6 Å². The summed E-state index contributed by atoms with van der Waals surface area (Å²) in [5, 5.41) is -0.387. The van der Waals surface area contributed by atoms with Crippen LogP contribution in [-0.4, -0.2) is 22.1 Å². The van der Waals surface area contributed by atoms with Crippen molar-refractivity contribution in [3.63, 3.8) is 0 Å². The second kappa shape index (κ2) is 8.30. The molecular formula is C23H19ClF3N3O3. The Balaban J connectivity index is 1.25. The highest BCUT2D eigenvalue weighted by Gasteiger charge is 2.35. The highest BCUT2D eigenvalue weighted by atomic mass is 35.5. The Hall–Kier alpha value is -3.20. The molecule has 5 rings (SSSR count). The van der Waals surface area contributed by atoms with Gasteiger partial charge in [0.25, 0.3) is 0 Å². The number of fused-ring (bicyclic) bond motifs is 1. The Morgan fingerprint density at radius 2 is 1.76 bits per heavy atom. The van der Waals surface area contributed by atoms with Crippen LogP contribution in [0.1, 0.15) is 24.0 Å². The molecule has 0 spiro atoms. The molecule has 6 nitrogen and oxygen atoms in total. The third-order valence-corrected chi connectivity index (χ3v) is 5.93. The number of nitrogens with zero attached hydrogens (tertiary/aromatic N) is 3. The Morgan fingerprint density at radius 1 is 1.03 bits per heavy atom. The second-order valence-electron chi connectivity index (χ2n) is 7.99. The van der Waals surface area contributed by atoms with Crippen molar-refractivity contribution in [2.45, 2.75) is 38.2 Å². The Morgan fingerprint density at radius 3 is 2.45 bits per heavy atom. The van der Waals surface area contributed by atoms with E-state index in [1.807, 2.05) is 0 Å². The molecule has 0 unspecified atom stereocenters. The number of rotatable bonds is 6. The highest BCUT2D eigenvalue weighted by molar-refractivity contribution is 6.31. The number of anilines is 1. The quantitative estimate of drug-likeness (QED) is 0.484. The molecule has 33 heavy (non-hydrogen) atoms. The van der Waals surface area contributed by atoms with Crippen molar-refractivity contribution in [1.82, 2.24) is 9.55 Å². The molecule has 0 amide bonds. The van der Waals surface area contributed by atoms with E-state index in [0.717, 1.165) is 42.9 Å². The van der Waals surface area contributed by atoms with Crippen LogP contribution in [-0.2, 0) is 19.3 Å². The molecule has 172 valence electrons. The van der Waals surface area contributed by atoms with E-state index in [0.29, 0.717) is 18.3 Å². The van der Waals surface area contributed by atoms with Crippen LogP contribution in [0, 0.1) is 0 Å².